The number of fused-ring (bicyclic) bond motifs is 1. The van der Waals surface area contributed by atoms with E-state index >= 15 is 0 Å². The molecule has 0 N–H and O–H groups in total. The number of rotatable bonds is 2. The molecule has 0 radical (unpaired) electrons. The van der Waals surface area contributed by atoms with Crippen LogP contribution in [0.1, 0.15) is 52.4 Å². The van der Waals surface area contributed by atoms with Gasteiger partial charge in [0.25, 0.3) is 0 Å². The molecule has 1 aromatic carbocycles. The fraction of sp³-hybridized carbons (Fsp3) is 0.312. The first-order valence-electron chi connectivity index (χ1n) is 6.69. The van der Waals surface area contributed by atoms with Gasteiger partial charge in [-0.15, -0.1) is 0 Å². The fourth-order valence-corrected chi connectivity index (χ4v) is 2.77. The number of aromatic nitrogens is 1. The smallest absolute Gasteiger partial charge is 0.215 e. The van der Waals surface area contributed by atoms with Crippen molar-refractivity contribution in [3.63, 3.8) is 0 Å². The molecule has 0 saturated heterocycles. The Morgan fingerprint density at radius 1 is 1.24 bits per heavy atom. The van der Waals surface area contributed by atoms with Gasteiger partial charge in [-0.1, -0.05) is 30.6 Å². The predicted molar refractivity (Wildman–Crippen MR) is 77.8 cm³/mol. The van der Waals surface area contributed by atoms with Gasteiger partial charge in [-0.2, -0.15) is 0 Å². The van der Waals surface area contributed by atoms with Crippen molar-refractivity contribution in [1.82, 2.24) is 5.16 Å². The van der Waals surface area contributed by atoms with Gasteiger partial charge >= 0.3 is 0 Å². The molecule has 0 fully saturated rings. The van der Waals surface area contributed by atoms with Gasteiger partial charge < -0.3 is 4.52 Å². The second-order valence-corrected chi connectivity index (χ2v) is 6.54. The fourth-order valence-electron chi connectivity index (χ4n) is 2.65. The molecule has 0 aliphatic heterocycles. The number of nitrogens with zero attached hydrogens (tertiary/aromatic N) is 1. The van der Waals surface area contributed by atoms with Crippen LogP contribution in [0.2, 0.25) is 5.02 Å². The van der Waals surface area contributed by atoms with Crippen LogP contribution < -0.4 is 0 Å². The van der Waals surface area contributed by atoms with Gasteiger partial charge in [0.2, 0.25) is 5.78 Å². The highest BCUT2D eigenvalue weighted by atomic mass is 35.5. The van der Waals surface area contributed by atoms with E-state index in [1.165, 1.54) is 0 Å². The quantitative estimate of drug-likeness (QED) is 0.793. The van der Waals surface area contributed by atoms with Crippen molar-refractivity contribution in [3.8, 4) is 0 Å². The van der Waals surface area contributed by atoms with Gasteiger partial charge in [-0.05, 0) is 29.7 Å². The van der Waals surface area contributed by atoms with Gasteiger partial charge in [0.05, 0.1) is 5.56 Å². The molecule has 108 valence electrons. The van der Waals surface area contributed by atoms with E-state index in [1.807, 2.05) is 13.8 Å². The number of ketones is 2. The Morgan fingerprint density at radius 2 is 1.90 bits per heavy atom. The average molecular weight is 304 g/mol. The van der Waals surface area contributed by atoms with Crippen LogP contribution in [0.3, 0.4) is 0 Å². The molecule has 0 bridgehead atoms. The van der Waals surface area contributed by atoms with Crippen molar-refractivity contribution in [1.29, 1.82) is 0 Å². The number of halogens is 1. The summed E-state index contributed by atoms with van der Waals surface area (Å²) in [6.45, 7) is 3.99. The summed E-state index contributed by atoms with van der Waals surface area (Å²) in [5.74, 6) is 0.109. The second-order valence-electron chi connectivity index (χ2n) is 6.11. The molecule has 0 unspecified atom stereocenters. The van der Waals surface area contributed by atoms with Crippen LogP contribution in [0.4, 0.5) is 0 Å². The summed E-state index contributed by atoms with van der Waals surface area (Å²) in [6, 6.07) is 6.49. The summed E-state index contributed by atoms with van der Waals surface area (Å²) in [6.07, 6.45) is 0.997. The lowest BCUT2D eigenvalue weighted by Crippen LogP contribution is -2.27. The number of carbonyl (C=O) groups is 2. The monoisotopic (exact) mass is 303 g/mol. The average Bonchev–Trinajstić information content (AvgIpc) is 2.81. The minimum atomic E-state index is -0.315. The molecule has 0 amide bonds. The normalized spacial score (nSPS) is 16.6. The molecule has 1 aliphatic carbocycles. The van der Waals surface area contributed by atoms with Crippen LogP contribution in [-0.2, 0) is 6.42 Å². The highest BCUT2D eigenvalue weighted by molar-refractivity contribution is 6.30. The first kappa shape index (κ1) is 14.0. The molecule has 21 heavy (non-hydrogen) atoms. The summed E-state index contributed by atoms with van der Waals surface area (Å²) in [7, 11) is 0. The van der Waals surface area contributed by atoms with Gasteiger partial charge in [0.15, 0.2) is 11.5 Å². The largest absolute Gasteiger partial charge is 0.360 e. The molecular weight excluding hydrogens is 290 g/mol. The molecule has 2 aromatic rings. The minimum Gasteiger partial charge on any atom is -0.360 e. The minimum absolute atomic E-state index is 0.0835. The molecule has 0 atom stereocenters. The lowest BCUT2D eigenvalue weighted by Gasteiger charge is -2.26. The third-order valence-electron chi connectivity index (χ3n) is 3.64. The molecule has 0 saturated carbocycles. The molecular formula is C16H14ClNO3. The standard InChI is InChI=1S/C16H14ClNO3/c1-16(2)7-11(19)13-12(8-16)21-18-14(13)15(20)9-3-5-10(17)6-4-9/h3-6H,7-8H2,1-2H3. The van der Waals surface area contributed by atoms with E-state index in [9.17, 15) is 9.59 Å². The Labute approximate surface area is 127 Å². The molecule has 1 heterocycles. The van der Waals surface area contributed by atoms with Crippen molar-refractivity contribution in [2.45, 2.75) is 26.7 Å². The Hall–Kier alpha value is -1.94. The number of Topliss-reactive ketones (excluding diaryl/α,β-unsaturated/α-hetero) is 1. The van der Waals surface area contributed by atoms with Crippen molar-refractivity contribution in [3.05, 3.63) is 51.9 Å². The lowest BCUT2D eigenvalue weighted by molar-refractivity contribution is 0.0896. The molecule has 1 aliphatic rings. The van der Waals surface area contributed by atoms with Crippen LogP contribution in [0.15, 0.2) is 28.8 Å². The first-order chi connectivity index (χ1) is 9.87. The molecule has 0 spiro atoms. The highest BCUT2D eigenvalue weighted by Crippen LogP contribution is 2.36. The van der Waals surface area contributed by atoms with E-state index in [-0.39, 0.29) is 22.7 Å². The van der Waals surface area contributed by atoms with Gasteiger partial charge in [0.1, 0.15) is 5.76 Å². The zero-order chi connectivity index (χ0) is 15.2. The summed E-state index contributed by atoms with van der Waals surface area (Å²) >= 11 is 5.81. The number of benzene rings is 1. The topological polar surface area (TPSA) is 60.2 Å². The zero-order valence-corrected chi connectivity index (χ0v) is 12.5. The maximum absolute atomic E-state index is 12.5. The molecule has 1 aromatic heterocycles. The SMILES string of the molecule is CC1(C)CC(=O)c2c(C(=O)c3ccc(Cl)cc3)noc2C1. The third kappa shape index (κ3) is 2.51. The number of hydrogen-bond donors (Lipinski definition) is 0. The van der Waals surface area contributed by atoms with E-state index in [1.54, 1.807) is 24.3 Å². The Bertz CT molecular complexity index is 728. The summed E-state index contributed by atoms with van der Waals surface area (Å²) in [5.41, 5.74) is 0.722. The number of carbonyl (C=O) groups excluding carboxylic acids is 2. The van der Waals surface area contributed by atoms with Gasteiger partial charge in [0, 0.05) is 23.4 Å². The van der Waals surface area contributed by atoms with E-state index in [4.69, 9.17) is 16.1 Å². The van der Waals surface area contributed by atoms with Crippen LogP contribution in [-0.4, -0.2) is 16.7 Å². The van der Waals surface area contributed by atoms with E-state index in [2.05, 4.69) is 5.16 Å². The maximum Gasteiger partial charge on any atom is 0.215 e. The zero-order valence-electron chi connectivity index (χ0n) is 11.8. The summed E-state index contributed by atoms with van der Waals surface area (Å²) < 4.78 is 5.24. The van der Waals surface area contributed by atoms with Crippen molar-refractivity contribution in [2.24, 2.45) is 5.41 Å². The van der Waals surface area contributed by atoms with Crippen LogP contribution in [0, 0.1) is 5.41 Å². The highest BCUT2D eigenvalue weighted by Gasteiger charge is 2.38. The van der Waals surface area contributed by atoms with Gasteiger partial charge in [-0.25, -0.2) is 0 Å². The van der Waals surface area contributed by atoms with E-state index in [0.717, 1.165) is 0 Å². The lowest BCUT2D eigenvalue weighted by atomic mass is 9.76. The maximum atomic E-state index is 12.5. The predicted octanol–water partition coefficient (Wildman–Crippen LogP) is 3.71. The van der Waals surface area contributed by atoms with Crippen LogP contribution in [0.5, 0.6) is 0 Å². The molecule has 4 nitrogen and oxygen atoms in total. The van der Waals surface area contributed by atoms with Crippen molar-refractivity contribution >= 4 is 23.2 Å². The summed E-state index contributed by atoms with van der Waals surface area (Å²) in [4.78, 5) is 24.8. The Balaban J connectivity index is 2.02. The van der Waals surface area contributed by atoms with Crippen molar-refractivity contribution < 1.29 is 14.1 Å². The molecule has 5 heteroatoms. The van der Waals surface area contributed by atoms with Crippen LogP contribution in [0.25, 0.3) is 0 Å². The molecule has 3 rings (SSSR count). The second kappa shape index (κ2) is 4.81. The third-order valence-corrected chi connectivity index (χ3v) is 3.89. The first-order valence-corrected chi connectivity index (χ1v) is 7.07. The Morgan fingerprint density at radius 3 is 2.57 bits per heavy atom. The van der Waals surface area contributed by atoms with Gasteiger partial charge in [-0.3, -0.25) is 9.59 Å². The van der Waals surface area contributed by atoms with E-state index < -0.39 is 0 Å². The van der Waals surface area contributed by atoms with E-state index in [0.29, 0.717) is 34.8 Å². The summed E-state index contributed by atoms with van der Waals surface area (Å²) in [5, 5.41) is 4.38. The van der Waals surface area contributed by atoms with Crippen LogP contribution >= 0.6 is 11.6 Å². The Kier molecular flexibility index (Phi) is 3.21. The number of hydrogen-bond acceptors (Lipinski definition) is 4. The van der Waals surface area contributed by atoms with Crippen molar-refractivity contribution in [2.75, 3.05) is 0 Å².